The summed E-state index contributed by atoms with van der Waals surface area (Å²) < 4.78 is 67.7. The van der Waals surface area contributed by atoms with E-state index < -0.39 is 21.8 Å². The van der Waals surface area contributed by atoms with Crippen LogP contribution in [-0.4, -0.2) is 64.7 Å². The maximum absolute atomic E-state index is 13.0. The first kappa shape index (κ1) is 22.7. The number of amides is 1. The van der Waals surface area contributed by atoms with Crippen molar-refractivity contribution in [2.45, 2.75) is 43.3 Å². The van der Waals surface area contributed by atoms with Gasteiger partial charge in [-0.05, 0) is 49.8 Å². The van der Waals surface area contributed by atoms with Crippen molar-refractivity contribution >= 4 is 15.9 Å². The van der Waals surface area contributed by atoms with Crippen molar-refractivity contribution in [3.63, 3.8) is 0 Å². The van der Waals surface area contributed by atoms with Gasteiger partial charge in [0.05, 0.1) is 16.7 Å². The van der Waals surface area contributed by atoms with Gasteiger partial charge in [0.1, 0.15) is 0 Å². The summed E-state index contributed by atoms with van der Waals surface area (Å²) in [6.45, 7) is 2.18. The summed E-state index contributed by atoms with van der Waals surface area (Å²) >= 11 is 0. The highest BCUT2D eigenvalue weighted by Crippen LogP contribution is 2.32. The summed E-state index contributed by atoms with van der Waals surface area (Å²) in [5, 5.41) is 7.97. The average molecular weight is 472 g/mol. The summed E-state index contributed by atoms with van der Waals surface area (Å²) in [4.78, 5) is 13.8. The molecule has 0 spiro atoms. The van der Waals surface area contributed by atoms with Crippen LogP contribution in [0.4, 0.5) is 13.2 Å². The summed E-state index contributed by atoms with van der Waals surface area (Å²) in [5.74, 6) is -0.257. The van der Waals surface area contributed by atoms with E-state index in [1.54, 1.807) is 11.1 Å². The van der Waals surface area contributed by atoms with Crippen LogP contribution in [0.2, 0.25) is 0 Å². The minimum absolute atomic E-state index is 0.0965. The average Bonchev–Trinajstić information content (AvgIpc) is 3.45. The highest BCUT2D eigenvalue weighted by molar-refractivity contribution is 7.89. The molecule has 2 aromatic rings. The van der Waals surface area contributed by atoms with Crippen LogP contribution in [0.25, 0.3) is 0 Å². The van der Waals surface area contributed by atoms with Crippen molar-refractivity contribution in [3.05, 3.63) is 41.7 Å². The molecule has 2 aliphatic rings. The van der Waals surface area contributed by atoms with Gasteiger partial charge in [0.2, 0.25) is 10.0 Å². The molecule has 0 radical (unpaired) electrons. The molecular formula is C20H24F3N5O3S. The summed E-state index contributed by atoms with van der Waals surface area (Å²) in [7, 11) is -4.06. The molecule has 0 bridgehead atoms. The molecule has 3 heterocycles. The summed E-state index contributed by atoms with van der Waals surface area (Å²) in [5.41, 5.74) is -0.735. The molecule has 0 unspecified atom stereocenters. The molecule has 32 heavy (non-hydrogen) atoms. The van der Waals surface area contributed by atoms with Crippen LogP contribution in [0.3, 0.4) is 0 Å². The van der Waals surface area contributed by atoms with Crippen LogP contribution in [-0.2, 0) is 22.7 Å². The molecule has 1 atom stereocenters. The number of benzene rings is 1. The van der Waals surface area contributed by atoms with Crippen LogP contribution in [0.1, 0.15) is 41.7 Å². The lowest BCUT2D eigenvalue weighted by Gasteiger charge is -2.31. The van der Waals surface area contributed by atoms with Gasteiger partial charge >= 0.3 is 6.18 Å². The number of carbonyl (C=O) groups is 1. The number of halogens is 3. The number of aromatic nitrogens is 3. The van der Waals surface area contributed by atoms with Gasteiger partial charge in [-0.25, -0.2) is 8.42 Å². The number of carbonyl (C=O) groups excluding carboxylic acids is 1. The number of likely N-dealkylation sites (tertiary alicyclic amines) is 1. The fourth-order valence-corrected chi connectivity index (χ4v) is 5.81. The second-order valence-corrected chi connectivity index (χ2v) is 10.2. The molecule has 0 aliphatic carbocycles. The molecule has 1 aromatic heterocycles. The molecule has 0 saturated carbocycles. The molecule has 1 amide bonds. The zero-order valence-electron chi connectivity index (χ0n) is 17.3. The van der Waals surface area contributed by atoms with Gasteiger partial charge < -0.3 is 4.90 Å². The Morgan fingerprint density at radius 1 is 1.12 bits per heavy atom. The van der Waals surface area contributed by atoms with E-state index in [0.29, 0.717) is 32.1 Å². The zero-order valence-corrected chi connectivity index (χ0v) is 18.1. The Balaban J connectivity index is 1.44. The second-order valence-electron chi connectivity index (χ2n) is 8.22. The number of piperidine rings is 1. The number of rotatable bonds is 5. The number of sulfonamides is 1. The maximum atomic E-state index is 13.0. The monoisotopic (exact) mass is 471 g/mol. The Hall–Kier alpha value is -2.47. The van der Waals surface area contributed by atoms with Gasteiger partial charge in [0.15, 0.2) is 5.69 Å². The Kier molecular flexibility index (Phi) is 6.26. The minimum Gasteiger partial charge on any atom is -0.337 e. The maximum Gasteiger partial charge on any atom is 0.416 e. The van der Waals surface area contributed by atoms with Crippen LogP contribution in [0.15, 0.2) is 35.4 Å². The first-order valence-electron chi connectivity index (χ1n) is 10.5. The molecule has 2 fully saturated rings. The third-order valence-corrected chi connectivity index (χ3v) is 7.74. The topological polar surface area (TPSA) is 88.4 Å². The predicted octanol–water partition coefficient (Wildman–Crippen LogP) is 2.63. The highest BCUT2D eigenvalue weighted by Gasteiger charge is 2.35. The fraction of sp³-hybridized carbons (Fsp3) is 0.550. The molecule has 8 nitrogen and oxygen atoms in total. The minimum atomic E-state index is -4.62. The van der Waals surface area contributed by atoms with Crippen LogP contribution in [0, 0.1) is 5.92 Å². The van der Waals surface area contributed by atoms with Crippen molar-refractivity contribution in [2.24, 2.45) is 5.92 Å². The van der Waals surface area contributed by atoms with Gasteiger partial charge in [-0.1, -0.05) is 11.3 Å². The summed E-state index contributed by atoms with van der Waals surface area (Å²) in [6, 6.07) is 3.81. The van der Waals surface area contributed by atoms with Crippen molar-refractivity contribution in [3.8, 4) is 0 Å². The van der Waals surface area contributed by atoms with Gasteiger partial charge in [-0.2, -0.15) is 17.5 Å². The Morgan fingerprint density at radius 2 is 1.88 bits per heavy atom. The number of hydrogen-bond acceptors (Lipinski definition) is 5. The molecule has 174 valence electrons. The van der Waals surface area contributed by atoms with Crippen molar-refractivity contribution in [1.29, 1.82) is 0 Å². The number of nitrogens with zero attached hydrogens (tertiary/aromatic N) is 5. The molecule has 2 saturated heterocycles. The zero-order chi connectivity index (χ0) is 22.9. The van der Waals surface area contributed by atoms with Crippen LogP contribution >= 0.6 is 0 Å². The molecular weight excluding hydrogens is 447 g/mol. The SMILES string of the molecule is O=C(c1cn(C[C@H]2CCCN(S(=O)(=O)c3cccc(C(F)(F)F)c3)C2)nn1)N1CCCC1. The largest absolute Gasteiger partial charge is 0.416 e. The predicted molar refractivity (Wildman–Crippen MR) is 108 cm³/mol. The molecule has 12 heteroatoms. The number of alkyl halides is 3. The smallest absolute Gasteiger partial charge is 0.337 e. The normalized spacial score (nSPS) is 20.6. The van der Waals surface area contributed by atoms with Gasteiger partial charge in [-0.3, -0.25) is 9.48 Å². The van der Waals surface area contributed by atoms with Crippen molar-refractivity contribution in [1.82, 2.24) is 24.2 Å². The first-order chi connectivity index (χ1) is 15.1. The van der Waals surface area contributed by atoms with E-state index >= 15 is 0 Å². The van der Waals surface area contributed by atoms with E-state index in [-0.39, 0.29) is 35.5 Å². The third-order valence-electron chi connectivity index (χ3n) is 5.88. The van der Waals surface area contributed by atoms with E-state index in [2.05, 4.69) is 10.3 Å². The molecule has 1 aromatic carbocycles. The standard InChI is InChI=1S/C20H24F3N5O3S/c21-20(22,23)16-6-3-7-17(11-16)32(30,31)28-10-4-5-15(13-28)12-27-14-18(24-25-27)19(29)26-8-1-2-9-26/h3,6-7,11,14-15H,1-2,4-5,8-10,12-13H2/t15-/m1/s1. The van der Waals surface area contributed by atoms with E-state index in [1.807, 2.05) is 0 Å². The lowest BCUT2D eigenvalue weighted by molar-refractivity contribution is -0.137. The third kappa shape index (κ3) is 4.80. The van der Waals surface area contributed by atoms with E-state index in [1.165, 1.54) is 15.1 Å². The Bertz CT molecular complexity index is 1080. The molecule has 0 N–H and O–H groups in total. The summed E-state index contributed by atoms with van der Waals surface area (Å²) in [6.07, 6.45) is 0.214. The van der Waals surface area contributed by atoms with E-state index in [0.717, 1.165) is 31.4 Å². The van der Waals surface area contributed by atoms with E-state index in [9.17, 15) is 26.4 Å². The second kappa shape index (κ2) is 8.81. The van der Waals surface area contributed by atoms with Crippen LogP contribution < -0.4 is 0 Å². The van der Waals surface area contributed by atoms with Gasteiger partial charge in [0, 0.05) is 32.7 Å². The molecule has 4 rings (SSSR count). The van der Waals surface area contributed by atoms with Crippen molar-refractivity contribution in [2.75, 3.05) is 26.2 Å². The lowest BCUT2D eigenvalue weighted by atomic mass is 10.00. The van der Waals surface area contributed by atoms with Gasteiger partial charge in [-0.15, -0.1) is 5.10 Å². The Labute approximate surface area is 184 Å². The van der Waals surface area contributed by atoms with E-state index in [4.69, 9.17) is 0 Å². The quantitative estimate of drug-likeness (QED) is 0.669. The lowest BCUT2D eigenvalue weighted by Crippen LogP contribution is -2.41. The number of hydrogen-bond donors (Lipinski definition) is 0. The highest BCUT2D eigenvalue weighted by atomic mass is 32.2. The Morgan fingerprint density at radius 3 is 2.59 bits per heavy atom. The molecule has 2 aliphatic heterocycles. The van der Waals surface area contributed by atoms with Gasteiger partial charge in [0.25, 0.3) is 5.91 Å². The fourth-order valence-electron chi connectivity index (χ4n) is 4.21. The first-order valence-corrected chi connectivity index (χ1v) is 12.0. The van der Waals surface area contributed by atoms with Crippen molar-refractivity contribution < 1.29 is 26.4 Å². The van der Waals surface area contributed by atoms with Crippen LogP contribution in [0.5, 0.6) is 0 Å².